The molecule has 17 heavy (non-hydrogen) atoms. The van der Waals surface area contributed by atoms with Gasteiger partial charge in [0.15, 0.2) is 5.13 Å². The number of hydrogen-bond acceptors (Lipinski definition) is 5. The molecule has 0 aliphatic heterocycles. The average molecular weight is 257 g/mol. The van der Waals surface area contributed by atoms with E-state index in [1.807, 2.05) is 0 Å². The molecule has 1 atom stereocenters. The first-order chi connectivity index (χ1) is 8.22. The molecule has 0 amide bonds. The van der Waals surface area contributed by atoms with Crippen LogP contribution in [0, 0.1) is 0 Å². The Bertz CT molecular complexity index is 316. The largest absolute Gasteiger partial charge is 0.383 e. The number of nitrogens with zero attached hydrogens (tertiary/aromatic N) is 2. The maximum Gasteiger partial charge on any atom is 0.185 e. The minimum atomic E-state index is 0.364. The van der Waals surface area contributed by atoms with Gasteiger partial charge in [-0.25, -0.2) is 4.98 Å². The van der Waals surface area contributed by atoms with Crippen LogP contribution in [0.5, 0.6) is 0 Å². The van der Waals surface area contributed by atoms with E-state index in [2.05, 4.69) is 41.4 Å². The van der Waals surface area contributed by atoms with Gasteiger partial charge in [0.1, 0.15) is 0 Å². The average Bonchev–Trinajstić information content (AvgIpc) is 2.76. The minimum absolute atomic E-state index is 0.364. The SMILES string of the molecule is CCNCc1csc(N(CC)C(C)COC)n1. The first-order valence-corrected chi connectivity index (χ1v) is 7.01. The van der Waals surface area contributed by atoms with Crippen LogP contribution in [0.25, 0.3) is 0 Å². The molecule has 1 aromatic heterocycles. The molecule has 0 spiro atoms. The van der Waals surface area contributed by atoms with Gasteiger partial charge in [-0.3, -0.25) is 0 Å². The van der Waals surface area contributed by atoms with Crippen molar-refractivity contribution in [2.75, 3.05) is 31.7 Å². The molecule has 0 aliphatic carbocycles. The van der Waals surface area contributed by atoms with Gasteiger partial charge in [0.05, 0.1) is 18.3 Å². The quantitative estimate of drug-likeness (QED) is 0.774. The minimum Gasteiger partial charge on any atom is -0.383 e. The highest BCUT2D eigenvalue weighted by atomic mass is 32.1. The monoisotopic (exact) mass is 257 g/mol. The Labute approximate surface area is 108 Å². The number of methoxy groups -OCH3 is 1. The van der Waals surface area contributed by atoms with Crippen LogP contribution in [0.3, 0.4) is 0 Å². The first-order valence-electron chi connectivity index (χ1n) is 6.13. The molecule has 1 aromatic rings. The summed E-state index contributed by atoms with van der Waals surface area (Å²) in [5.41, 5.74) is 1.12. The van der Waals surface area contributed by atoms with Gasteiger partial charge in [0.2, 0.25) is 0 Å². The third-order valence-corrected chi connectivity index (χ3v) is 3.55. The fourth-order valence-corrected chi connectivity index (χ4v) is 2.72. The lowest BCUT2D eigenvalue weighted by molar-refractivity contribution is 0.182. The summed E-state index contributed by atoms with van der Waals surface area (Å²) in [5.74, 6) is 0. The Kier molecular flexibility index (Phi) is 6.47. The summed E-state index contributed by atoms with van der Waals surface area (Å²) in [6.07, 6.45) is 0. The molecule has 1 rings (SSSR count). The Hall–Kier alpha value is -0.650. The molecular formula is C12H23N3OS. The Morgan fingerprint density at radius 3 is 2.88 bits per heavy atom. The Morgan fingerprint density at radius 1 is 1.53 bits per heavy atom. The van der Waals surface area contributed by atoms with E-state index < -0.39 is 0 Å². The number of ether oxygens (including phenoxy) is 1. The molecule has 4 nitrogen and oxygen atoms in total. The molecule has 0 saturated carbocycles. The van der Waals surface area contributed by atoms with Crippen LogP contribution in [0.15, 0.2) is 5.38 Å². The standard InChI is InChI=1S/C12H23N3OS/c1-5-13-7-11-9-17-12(14-11)15(6-2)10(3)8-16-4/h9-10,13H,5-8H2,1-4H3. The molecule has 0 saturated heterocycles. The zero-order chi connectivity index (χ0) is 12.7. The Balaban J connectivity index is 2.65. The number of likely N-dealkylation sites (N-methyl/N-ethyl adjacent to an activating group) is 1. The van der Waals surface area contributed by atoms with Crippen molar-refractivity contribution in [1.29, 1.82) is 0 Å². The van der Waals surface area contributed by atoms with Gasteiger partial charge in [-0.15, -0.1) is 11.3 Å². The van der Waals surface area contributed by atoms with Crippen LogP contribution in [0.4, 0.5) is 5.13 Å². The number of hydrogen-bond donors (Lipinski definition) is 1. The van der Waals surface area contributed by atoms with Crippen LogP contribution in [-0.2, 0) is 11.3 Å². The lowest BCUT2D eigenvalue weighted by Gasteiger charge is -2.26. The van der Waals surface area contributed by atoms with Gasteiger partial charge >= 0.3 is 0 Å². The van der Waals surface area contributed by atoms with Gasteiger partial charge < -0.3 is 15.0 Å². The van der Waals surface area contributed by atoms with E-state index in [4.69, 9.17) is 4.74 Å². The number of anilines is 1. The molecule has 98 valence electrons. The zero-order valence-corrected chi connectivity index (χ0v) is 12.0. The van der Waals surface area contributed by atoms with Crippen LogP contribution in [0.1, 0.15) is 26.5 Å². The molecule has 0 fully saturated rings. The second-order valence-electron chi connectivity index (χ2n) is 3.99. The van der Waals surface area contributed by atoms with Crippen LogP contribution in [0.2, 0.25) is 0 Å². The lowest BCUT2D eigenvalue weighted by Crippen LogP contribution is -2.36. The van der Waals surface area contributed by atoms with E-state index in [1.54, 1.807) is 18.4 Å². The van der Waals surface area contributed by atoms with Crippen LogP contribution < -0.4 is 10.2 Å². The van der Waals surface area contributed by atoms with E-state index in [-0.39, 0.29) is 0 Å². The van der Waals surface area contributed by atoms with Crippen molar-refractivity contribution < 1.29 is 4.74 Å². The lowest BCUT2D eigenvalue weighted by atomic mass is 10.3. The molecule has 1 heterocycles. The van der Waals surface area contributed by atoms with Crippen LogP contribution >= 0.6 is 11.3 Å². The predicted molar refractivity (Wildman–Crippen MR) is 73.9 cm³/mol. The van der Waals surface area contributed by atoms with Crippen molar-refractivity contribution in [2.45, 2.75) is 33.4 Å². The fraction of sp³-hybridized carbons (Fsp3) is 0.750. The highest BCUT2D eigenvalue weighted by molar-refractivity contribution is 7.13. The fourth-order valence-electron chi connectivity index (χ4n) is 1.73. The zero-order valence-electron chi connectivity index (χ0n) is 11.2. The van der Waals surface area contributed by atoms with E-state index >= 15 is 0 Å². The van der Waals surface area contributed by atoms with E-state index in [9.17, 15) is 0 Å². The first kappa shape index (κ1) is 14.4. The molecule has 1 unspecified atom stereocenters. The van der Waals surface area contributed by atoms with Crippen LogP contribution in [-0.4, -0.2) is 37.8 Å². The number of aromatic nitrogens is 1. The van der Waals surface area contributed by atoms with Crippen molar-refractivity contribution in [3.05, 3.63) is 11.1 Å². The number of rotatable bonds is 8. The van der Waals surface area contributed by atoms with Crippen molar-refractivity contribution in [3.63, 3.8) is 0 Å². The third kappa shape index (κ3) is 4.26. The van der Waals surface area contributed by atoms with Gasteiger partial charge in [-0.05, 0) is 20.4 Å². The van der Waals surface area contributed by atoms with Crippen molar-refractivity contribution >= 4 is 16.5 Å². The van der Waals surface area contributed by atoms with Crippen molar-refractivity contribution in [1.82, 2.24) is 10.3 Å². The summed E-state index contributed by atoms with van der Waals surface area (Å²) >= 11 is 1.71. The topological polar surface area (TPSA) is 37.4 Å². The number of nitrogens with one attached hydrogen (secondary N) is 1. The van der Waals surface area contributed by atoms with E-state index in [1.165, 1.54) is 0 Å². The Morgan fingerprint density at radius 2 is 2.29 bits per heavy atom. The second kappa shape index (κ2) is 7.63. The summed E-state index contributed by atoms with van der Waals surface area (Å²) < 4.78 is 5.20. The van der Waals surface area contributed by atoms with Gasteiger partial charge in [0, 0.05) is 25.6 Å². The second-order valence-corrected chi connectivity index (χ2v) is 4.83. The van der Waals surface area contributed by atoms with Crippen molar-refractivity contribution in [2.24, 2.45) is 0 Å². The molecule has 5 heteroatoms. The summed E-state index contributed by atoms with van der Waals surface area (Å²) in [5, 5.41) is 6.50. The van der Waals surface area contributed by atoms with E-state index in [0.29, 0.717) is 6.04 Å². The molecule has 0 radical (unpaired) electrons. The summed E-state index contributed by atoms with van der Waals surface area (Å²) in [6, 6.07) is 0.364. The summed E-state index contributed by atoms with van der Waals surface area (Å²) in [7, 11) is 1.74. The van der Waals surface area contributed by atoms with Gasteiger partial charge in [-0.1, -0.05) is 6.92 Å². The smallest absolute Gasteiger partial charge is 0.185 e. The maximum absolute atomic E-state index is 5.20. The van der Waals surface area contributed by atoms with Gasteiger partial charge in [0.25, 0.3) is 0 Å². The van der Waals surface area contributed by atoms with Crippen molar-refractivity contribution in [3.8, 4) is 0 Å². The van der Waals surface area contributed by atoms with Gasteiger partial charge in [-0.2, -0.15) is 0 Å². The molecule has 1 N–H and O–H groups in total. The molecule has 0 aliphatic rings. The molecule has 0 aromatic carbocycles. The highest BCUT2D eigenvalue weighted by Crippen LogP contribution is 2.22. The molecule has 0 bridgehead atoms. The molecular weight excluding hydrogens is 234 g/mol. The predicted octanol–water partition coefficient (Wildman–Crippen LogP) is 2.11. The maximum atomic E-state index is 5.20. The summed E-state index contributed by atoms with van der Waals surface area (Å²) in [4.78, 5) is 6.93. The third-order valence-electron chi connectivity index (χ3n) is 2.62. The summed E-state index contributed by atoms with van der Waals surface area (Å²) in [6.45, 7) is 9.93. The number of thiazole rings is 1. The highest BCUT2D eigenvalue weighted by Gasteiger charge is 2.15. The normalized spacial score (nSPS) is 12.7. The van der Waals surface area contributed by atoms with E-state index in [0.717, 1.165) is 37.1 Å².